The van der Waals surface area contributed by atoms with Gasteiger partial charge >= 0.3 is 0 Å². The SMILES string of the molecule is CC.PSC#Cc1ccc2ccc3c(-c4ccc(Cl)cc4)ccc4ccc1c2c43. The van der Waals surface area contributed by atoms with Gasteiger partial charge in [0.25, 0.3) is 0 Å². The van der Waals surface area contributed by atoms with E-state index in [4.69, 9.17) is 11.6 Å². The summed E-state index contributed by atoms with van der Waals surface area (Å²) in [5, 5.41) is 11.4. The van der Waals surface area contributed by atoms with Crippen molar-refractivity contribution in [2.24, 2.45) is 0 Å². The Labute approximate surface area is 182 Å². The van der Waals surface area contributed by atoms with E-state index in [2.05, 4.69) is 80.3 Å². The molecule has 1 unspecified atom stereocenters. The molecule has 5 aromatic carbocycles. The molecule has 0 N–H and O–H groups in total. The van der Waals surface area contributed by atoms with Crippen molar-refractivity contribution < 1.29 is 0 Å². The summed E-state index contributed by atoms with van der Waals surface area (Å²) in [6, 6.07) is 25.6. The predicted molar refractivity (Wildman–Crippen MR) is 136 cm³/mol. The topological polar surface area (TPSA) is 0 Å². The first-order chi connectivity index (χ1) is 14.3. The molecule has 142 valence electrons. The highest BCUT2D eigenvalue weighted by molar-refractivity contribution is 8.46. The van der Waals surface area contributed by atoms with Gasteiger partial charge < -0.3 is 0 Å². The number of hydrogen-bond donors (Lipinski definition) is 0. The molecule has 0 aromatic heterocycles. The Hall–Kier alpha value is -2.23. The maximum atomic E-state index is 6.08. The lowest BCUT2D eigenvalue weighted by Gasteiger charge is -2.15. The van der Waals surface area contributed by atoms with Gasteiger partial charge in [0.15, 0.2) is 0 Å². The van der Waals surface area contributed by atoms with Gasteiger partial charge in [0.05, 0.1) is 0 Å². The first-order valence-corrected chi connectivity index (χ1v) is 12.3. The third-order valence-electron chi connectivity index (χ3n) is 5.06. The Morgan fingerprint density at radius 2 is 1.31 bits per heavy atom. The standard InChI is InChI=1S/C24H14ClPS.C2H6/c25-19-8-3-15(4-9-19)20-10-5-18-6-11-21-16(13-14-27-26)1-2-17-7-12-22(20)24(18)23(17)21;1-2/h1-12H,26H2;1-2H3. The van der Waals surface area contributed by atoms with Crippen molar-refractivity contribution in [1.29, 1.82) is 0 Å². The van der Waals surface area contributed by atoms with Crippen molar-refractivity contribution in [2.75, 3.05) is 0 Å². The van der Waals surface area contributed by atoms with Crippen LogP contribution in [0.4, 0.5) is 0 Å². The summed E-state index contributed by atoms with van der Waals surface area (Å²) in [5.74, 6) is 3.28. The molecule has 5 rings (SSSR count). The van der Waals surface area contributed by atoms with Crippen LogP contribution in [0.5, 0.6) is 0 Å². The normalized spacial score (nSPS) is 10.6. The molecule has 29 heavy (non-hydrogen) atoms. The molecule has 0 fully saturated rings. The van der Waals surface area contributed by atoms with E-state index in [1.54, 1.807) is 0 Å². The van der Waals surface area contributed by atoms with E-state index in [0.29, 0.717) is 0 Å². The molecule has 0 aliphatic carbocycles. The smallest absolute Gasteiger partial charge is 0.0406 e. The van der Waals surface area contributed by atoms with E-state index < -0.39 is 0 Å². The van der Waals surface area contributed by atoms with Gasteiger partial charge in [-0.1, -0.05) is 106 Å². The maximum Gasteiger partial charge on any atom is 0.0406 e. The Morgan fingerprint density at radius 3 is 2.00 bits per heavy atom. The maximum absolute atomic E-state index is 6.08. The van der Waals surface area contributed by atoms with Gasteiger partial charge in [0.1, 0.15) is 0 Å². The predicted octanol–water partition coefficient (Wildman–Crippen LogP) is 8.76. The summed E-state index contributed by atoms with van der Waals surface area (Å²) in [5.41, 5.74) is 3.48. The van der Waals surface area contributed by atoms with Gasteiger partial charge in [-0.2, -0.15) is 0 Å². The Bertz CT molecular complexity index is 1360. The first kappa shape index (κ1) is 20.1. The minimum atomic E-state index is 0.756. The van der Waals surface area contributed by atoms with Gasteiger partial charge in [-0.05, 0) is 66.9 Å². The zero-order valence-electron chi connectivity index (χ0n) is 16.3. The molecular weight excluding hydrogens is 411 g/mol. The molecule has 0 saturated carbocycles. The van der Waals surface area contributed by atoms with Crippen LogP contribution in [-0.2, 0) is 0 Å². The molecule has 0 aliphatic rings. The van der Waals surface area contributed by atoms with E-state index in [1.165, 1.54) is 54.8 Å². The molecule has 0 spiro atoms. The fourth-order valence-corrected chi connectivity index (χ4v) is 4.35. The van der Waals surface area contributed by atoms with E-state index >= 15 is 0 Å². The molecule has 0 aliphatic heterocycles. The van der Waals surface area contributed by atoms with Gasteiger partial charge in [0, 0.05) is 10.6 Å². The van der Waals surface area contributed by atoms with E-state index in [-0.39, 0.29) is 0 Å². The molecule has 1 atom stereocenters. The molecule has 5 aromatic rings. The van der Waals surface area contributed by atoms with Gasteiger partial charge in [-0.25, -0.2) is 0 Å². The minimum absolute atomic E-state index is 0.756. The van der Waals surface area contributed by atoms with Crippen LogP contribution < -0.4 is 0 Å². The van der Waals surface area contributed by atoms with Crippen LogP contribution >= 0.6 is 31.4 Å². The summed E-state index contributed by atoms with van der Waals surface area (Å²) < 4.78 is 0. The molecule has 0 amide bonds. The average molecular weight is 431 g/mol. The quantitative estimate of drug-likeness (QED) is 0.145. The second-order valence-electron chi connectivity index (χ2n) is 6.50. The number of halogens is 1. The highest BCUT2D eigenvalue weighted by Gasteiger charge is 2.13. The number of benzene rings is 5. The highest BCUT2D eigenvalue weighted by Crippen LogP contribution is 2.40. The monoisotopic (exact) mass is 430 g/mol. The van der Waals surface area contributed by atoms with E-state index in [9.17, 15) is 0 Å². The van der Waals surface area contributed by atoms with Crippen LogP contribution in [0.3, 0.4) is 0 Å². The number of rotatable bonds is 1. The Kier molecular flexibility index (Phi) is 5.98. The van der Waals surface area contributed by atoms with Gasteiger partial charge in [-0.15, -0.1) is 0 Å². The van der Waals surface area contributed by atoms with Crippen LogP contribution in [0.15, 0.2) is 72.8 Å². The lowest BCUT2D eigenvalue weighted by atomic mass is 9.88. The molecular formula is C26H20ClPS. The average Bonchev–Trinajstić information content (AvgIpc) is 2.78. The van der Waals surface area contributed by atoms with Crippen molar-refractivity contribution in [3.8, 4) is 22.3 Å². The second-order valence-corrected chi connectivity index (χ2v) is 8.08. The second kappa shape index (κ2) is 8.64. The van der Waals surface area contributed by atoms with E-state index in [1.807, 2.05) is 26.0 Å². The summed E-state index contributed by atoms with van der Waals surface area (Å²) in [7, 11) is 2.58. The minimum Gasteiger partial charge on any atom is -0.0843 e. The summed E-state index contributed by atoms with van der Waals surface area (Å²) in [6.07, 6.45) is 0. The van der Waals surface area contributed by atoms with Crippen LogP contribution in [-0.4, -0.2) is 0 Å². The zero-order chi connectivity index (χ0) is 20.4. The van der Waals surface area contributed by atoms with Crippen molar-refractivity contribution in [1.82, 2.24) is 0 Å². The van der Waals surface area contributed by atoms with Crippen LogP contribution in [0.25, 0.3) is 43.4 Å². The van der Waals surface area contributed by atoms with Crippen molar-refractivity contribution in [3.63, 3.8) is 0 Å². The van der Waals surface area contributed by atoms with E-state index in [0.717, 1.165) is 10.6 Å². The Morgan fingerprint density at radius 1 is 0.724 bits per heavy atom. The molecule has 0 heterocycles. The van der Waals surface area contributed by atoms with Gasteiger partial charge in [0.2, 0.25) is 0 Å². The fraction of sp³-hybridized carbons (Fsp3) is 0.0769. The zero-order valence-corrected chi connectivity index (χ0v) is 19.0. The van der Waals surface area contributed by atoms with Crippen molar-refractivity contribution in [3.05, 3.63) is 83.4 Å². The number of hydrogen-bond acceptors (Lipinski definition) is 1. The lowest BCUT2D eigenvalue weighted by molar-refractivity contribution is 1.50. The summed E-state index contributed by atoms with van der Waals surface area (Å²) >= 11 is 7.55. The fourth-order valence-electron chi connectivity index (χ4n) is 3.88. The summed E-state index contributed by atoms with van der Waals surface area (Å²) in [6.45, 7) is 4.00. The summed E-state index contributed by atoms with van der Waals surface area (Å²) in [4.78, 5) is 0. The molecule has 0 radical (unpaired) electrons. The third-order valence-corrected chi connectivity index (χ3v) is 5.89. The largest absolute Gasteiger partial charge is 0.0843 e. The van der Waals surface area contributed by atoms with Gasteiger partial charge in [-0.3, -0.25) is 0 Å². The molecule has 0 bridgehead atoms. The van der Waals surface area contributed by atoms with Crippen LogP contribution in [0, 0.1) is 11.2 Å². The molecule has 0 saturated heterocycles. The van der Waals surface area contributed by atoms with Crippen LogP contribution in [0.1, 0.15) is 19.4 Å². The lowest BCUT2D eigenvalue weighted by Crippen LogP contribution is -1.89. The van der Waals surface area contributed by atoms with Crippen molar-refractivity contribution in [2.45, 2.75) is 13.8 Å². The first-order valence-electron chi connectivity index (χ1n) is 9.59. The molecule has 0 nitrogen and oxygen atoms in total. The molecule has 3 heteroatoms. The highest BCUT2D eigenvalue weighted by atomic mass is 35.5. The third kappa shape index (κ3) is 3.58. The van der Waals surface area contributed by atoms with Crippen LogP contribution in [0.2, 0.25) is 5.02 Å². The van der Waals surface area contributed by atoms with Crippen molar-refractivity contribution >= 4 is 63.7 Å². The Balaban J connectivity index is 0.000000994.